The summed E-state index contributed by atoms with van der Waals surface area (Å²) < 4.78 is 15.7. The van der Waals surface area contributed by atoms with Gasteiger partial charge in [0.2, 0.25) is 11.8 Å². The first-order valence-corrected chi connectivity index (χ1v) is 12.7. The standard InChI is InChI=1S/C26H19ClN4O9S/c1-38-20-9-14(3-7-19(20)40-23-8-5-16(12-28-23)31(36)37)10-21-24(33)30(26(35)41-21)13-22(32)29-15-4-6-18(27)17(11-15)25(34)39-2/h3-12H,13H2,1-2H3,(H,29,32)/b21-10+. The summed E-state index contributed by atoms with van der Waals surface area (Å²) in [6, 6.07) is 11.5. The van der Waals surface area contributed by atoms with E-state index in [1.165, 1.54) is 50.6 Å². The van der Waals surface area contributed by atoms with Gasteiger partial charge >= 0.3 is 5.97 Å². The van der Waals surface area contributed by atoms with Crippen molar-refractivity contribution in [2.75, 3.05) is 26.1 Å². The molecule has 1 aliphatic rings. The van der Waals surface area contributed by atoms with Gasteiger partial charge in [-0.2, -0.15) is 0 Å². The highest BCUT2D eigenvalue weighted by molar-refractivity contribution is 8.18. The fourth-order valence-corrected chi connectivity index (χ4v) is 4.55. The van der Waals surface area contributed by atoms with Gasteiger partial charge in [0, 0.05) is 17.8 Å². The number of carbonyl (C=O) groups is 4. The number of esters is 1. The van der Waals surface area contributed by atoms with Crippen molar-refractivity contribution in [2.45, 2.75) is 0 Å². The Balaban J connectivity index is 1.44. The van der Waals surface area contributed by atoms with Crippen molar-refractivity contribution in [1.29, 1.82) is 0 Å². The zero-order valence-corrected chi connectivity index (χ0v) is 22.9. The largest absolute Gasteiger partial charge is 0.493 e. The maximum atomic E-state index is 12.9. The summed E-state index contributed by atoms with van der Waals surface area (Å²) in [5, 5.41) is 12.8. The molecule has 2 heterocycles. The second-order valence-electron chi connectivity index (χ2n) is 8.13. The number of amides is 3. The molecule has 3 aromatic rings. The minimum absolute atomic E-state index is 0.0388. The van der Waals surface area contributed by atoms with Crippen LogP contribution in [0.2, 0.25) is 5.02 Å². The van der Waals surface area contributed by atoms with Gasteiger partial charge in [-0.15, -0.1) is 0 Å². The molecule has 4 rings (SSSR count). The number of methoxy groups -OCH3 is 2. The van der Waals surface area contributed by atoms with Gasteiger partial charge in [0.15, 0.2) is 11.5 Å². The van der Waals surface area contributed by atoms with E-state index in [0.29, 0.717) is 17.3 Å². The molecule has 1 N–H and O–H groups in total. The van der Waals surface area contributed by atoms with E-state index in [1.807, 2.05) is 0 Å². The SMILES string of the molecule is COC(=O)c1cc(NC(=O)CN2C(=O)S/C(=C/c3ccc(Oc4ccc([N+](=O)[O-])cn4)c(OC)c3)C2=O)ccc1Cl. The topological polar surface area (TPSA) is 167 Å². The van der Waals surface area contributed by atoms with Crippen LogP contribution >= 0.6 is 23.4 Å². The van der Waals surface area contributed by atoms with E-state index < -0.39 is 34.5 Å². The van der Waals surface area contributed by atoms with E-state index in [1.54, 1.807) is 18.2 Å². The Labute approximate surface area is 241 Å². The number of anilines is 1. The Hall–Kier alpha value is -4.95. The van der Waals surface area contributed by atoms with Crippen molar-refractivity contribution in [1.82, 2.24) is 9.88 Å². The van der Waals surface area contributed by atoms with Crippen molar-refractivity contribution in [3.05, 3.63) is 85.9 Å². The monoisotopic (exact) mass is 598 g/mol. The maximum absolute atomic E-state index is 12.9. The quantitative estimate of drug-likeness (QED) is 0.154. The molecule has 0 atom stereocenters. The number of hydrogen-bond acceptors (Lipinski definition) is 11. The molecule has 210 valence electrons. The minimum Gasteiger partial charge on any atom is -0.493 e. The van der Waals surface area contributed by atoms with Gasteiger partial charge in [0.1, 0.15) is 12.7 Å². The van der Waals surface area contributed by atoms with Crippen molar-refractivity contribution in [2.24, 2.45) is 0 Å². The van der Waals surface area contributed by atoms with Crippen LogP contribution in [0.1, 0.15) is 15.9 Å². The lowest BCUT2D eigenvalue weighted by Gasteiger charge is -2.13. The van der Waals surface area contributed by atoms with E-state index in [2.05, 4.69) is 15.0 Å². The fourth-order valence-electron chi connectivity index (χ4n) is 3.51. The number of pyridine rings is 1. The Bertz CT molecular complexity index is 1590. The van der Waals surface area contributed by atoms with E-state index in [9.17, 15) is 29.3 Å². The number of ether oxygens (including phenoxy) is 3. The Morgan fingerprint density at radius 2 is 1.90 bits per heavy atom. The molecule has 0 bridgehead atoms. The van der Waals surface area contributed by atoms with Gasteiger partial charge in [-0.25, -0.2) is 9.78 Å². The number of imide groups is 1. The second kappa shape index (κ2) is 12.5. The van der Waals surface area contributed by atoms with Crippen molar-refractivity contribution in [3.8, 4) is 17.4 Å². The van der Waals surface area contributed by atoms with Gasteiger partial charge in [-0.3, -0.25) is 29.4 Å². The molecule has 0 radical (unpaired) electrons. The highest BCUT2D eigenvalue weighted by Gasteiger charge is 2.36. The molecular formula is C26H19ClN4O9S. The van der Waals surface area contributed by atoms with Crippen LogP contribution in [0.4, 0.5) is 16.2 Å². The van der Waals surface area contributed by atoms with E-state index in [4.69, 9.17) is 21.1 Å². The highest BCUT2D eigenvalue weighted by atomic mass is 35.5. The van der Waals surface area contributed by atoms with Crippen LogP contribution in [0.5, 0.6) is 17.4 Å². The fraction of sp³-hybridized carbons (Fsp3) is 0.115. The van der Waals surface area contributed by atoms with Gasteiger partial charge in [-0.1, -0.05) is 17.7 Å². The number of aromatic nitrogens is 1. The number of nitro groups is 1. The van der Waals surface area contributed by atoms with Gasteiger partial charge in [0.25, 0.3) is 16.8 Å². The Morgan fingerprint density at radius 3 is 2.56 bits per heavy atom. The molecule has 0 unspecified atom stereocenters. The number of nitrogens with one attached hydrogen (secondary N) is 1. The molecule has 0 saturated carbocycles. The van der Waals surface area contributed by atoms with Crippen LogP contribution < -0.4 is 14.8 Å². The minimum atomic E-state index is -0.693. The number of nitrogens with zero attached hydrogens (tertiary/aromatic N) is 3. The van der Waals surface area contributed by atoms with Crippen LogP contribution in [0.15, 0.2) is 59.6 Å². The third kappa shape index (κ3) is 6.80. The van der Waals surface area contributed by atoms with Crippen LogP contribution in [-0.4, -0.2) is 58.6 Å². The molecule has 0 aliphatic carbocycles. The van der Waals surface area contributed by atoms with Gasteiger partial charge in [0.05, 0.1) is 34.6 Å². The lowest BCUT2D eigenvalue weighted by atomic mass is 10.2. The molecular weight excluding hydrogens is 580 g/mol. The number of rotatable bonds is 9. The maximum Gasteiger partial charge on any atom is 0.339 e. The first-order chi connectivity index (χ1) is 19.6. The number of benzene rings is 2. The van der Waals surface area contributed by atoms with E-state index in [0.717, 1.165) is 11.1 Å². The normalized spacial score (nSPS) is 13.7. The molecule has 0 spiro atoms. The van der Waals surface area contributed by atoms with Crippen LogP contribution in [-0.2, 0) is 14.3 Å². The van der Waals surface area contributed by atoms with Crippen LogP contribution in [0.3, 0.4) is 0 Å². The lowest BCUT2D eigenvalue weighted by Crippen LogP contribution is -2.36. The predicted molar refractivity (Wildman–Crippen MR) is 148 cm³/mol. The number of thioether (sulfide) groups is 1. The molecule has 41 heavy (non-hydrogen) atoms. The number of hydrogen-bond donors (Lipinski definition) is 1. The molecule has 3 amide bonds. The van der Waals surface area contributed by atoms with Crippen molar-refractivity contribution >= 4 is 63.8 Å². The van der Waals surface area contributed by atoms with Gasteiger partial charge in [-0.05, 0) is 53.7 Å². The van der Waals surface area contributed by atoms with Crippen molar-refractivity contribution < 1.29 is 38.3 Å². The Morgan fingerprint density at radius 1 is 1.12 bits per heavy atom. The second-order valence-corrected chi connectivity index (χ2v) is 9.53. The molecule has 15 heteroatoms. The summed E-state index contributed by atoms with van der Waals surface area (Å²) in [7, 11) is 2.59. The predicted octanol–water partition coefficient (Wildman–Crippen LogP) is 4.91. The average molecular weight is 599 g/mol. The summed E-state index contributed by atoms with van der Waals surface area (Å²) in [5.74, 6) is -1.41. The van der Waals surface area contributed by atoms with Gasteiger partial charge < -0.3 is 19.5 Å². The molecule has 13 nitrogen and oxygen atoms in total. The van der Waals surface area contributed by atoms with E-state index >= 15 is 0 Å². The summed E-state index contributed by atoms with van der Waals surface area (Å²) >= 11 is 6.65. The van der Waals surface area contributed by atoms with Crippen LogP contribution in [0, 0.1) is 10.1 Å². The van der Waals surface area contributed by atoms with E-state index in [-0.39, 0.29) is 44.2 Å². The zero-order valence-electron chi connectivity index (χ0n) is 21.3. The lowest BCUT2D eigenvalue weighted by molar-refractivity contribution is -0.385. The molecule has 1 aromatic heterocycles. The summed E-state index contributed by atoms with van der Waals surface area (Å²) in [6.45, 7) is -0.559. The number of halogens is 1. The summed E-state index contributed by atoms with van der Waals surface area (Å²) in [4.78, 5) is 64.8. The average Bonchev–Trinajstić information content (AvgIpc) is 3.21. The summed E-state index contributed by atoms with van der Waals surface area (Å²) in [6.07, 6.45) is 2.52. The third-order valence-electron chi connectivity index (χ3n) is 5.46. The van der Waals surface area contributed by atoms with Crippen molar-refractivity contribution in [3.63, 3.8) is 0 Å². The zero-order chi connectivity index (χ0) is 29.7. The first kappa shape index (κ1) is 29.0. The van der Waals surface area contributed by atoms with Crippen LogP contribution in [0.25, 0.3) is 6.08 Å². The first-order valence-electron chi connectivity index (χ1n) is 11.5. The third-order valence-corrected chi connectivity index (χ3v) is 6.70. The molecule has 2 aromatic carbocycles. The number of carbonyl (C=O) groups excluding carboxylic acids is 4. The molecule has 1 aliphatic heterocycles. The molecule has 1 saturated heterocycles. The highest BCUT2D eigenvalue weighted by Crippen LogP contribution is 2.36. The summed E-state index contributed by atoms with van der Waals surface area (Å²) in [5.41, 5.74) is 0.568. The smallest absolute Gasteiger partial charge is 0.339 e. The Kier molecular flexibility index (Phi) is 8.84. The molecule has 1 fully saturated rings.